The Hall–Kier alpha value is -5.50. The summed E-state index contributed by atoms with van der Waals surface area (Å²) >= 11 is 0. The number of aliphatic hydroxyl groups is 1. The Morgan fingerprint density at radius 1 is 0.925 bits per heavy atom. The average molecular weight is 726 g/mol. The Labute approximate surface area is 304 Å². The molecule has 4 aromatic rings. The van der Waals surface area contributed by atoms with Crippen molar-refractivity contribution in [2.45, 2.75) is 65.6 Å². The van der Waals surface area contributed by atoms with E-state index in [1.807, 2.05) is 25.1 Å². The number of allylic oxidation sites excluding steroid dienone is 4. The first-order chi connectivity index (χ1) is 25.2. The molecule has 278 valence electrons. The Balaban J connectivity index is 1.34. The Kier molecular flexibility index (Phi) is 8.71. The number of ether oxygens (including phenoxy) is 3. The van der Waals surface area contributed by atoms with Gasteiger partial charge in [-0.3, -0.25) is 14.4 Å². The normalized spacial score (nSPS) is 23.7. The van der Waals surface area contributed by atoms with Crippen molar-refractivity contribution in [1.82, 2.24) is 23.5 Å². The highest BCUT2D eigenvalue weighted by molar-refractivity contribution is 6.17. The standard InChI is InChI=1S/C39H43N5O9/c1-21-22(2)34(47)39(4)32(24-10-8-9-11-29(24)53-17-16-45)23-12-15-43-36(49)42(37(50)44(43)28(23)20-38(39,3)33(21)46)14-13-25-35(48)41(5)27-19-31(52-7)30(51-6)18-26(27)40-25/h8-12,18-19,28,32,45H,13-17,20H2,1-7H3/t28-,32-,38+,39-/m1/s1. The monoisotopic (exact) mass is 725 g/mol. The third-order valence-corrected chi connectivity index (χ3v) is 12.0. The van der Waals surface area contributed by atoms with Crippen molar-refractivity contribution in [1.29, 1.82) is 0 Å². The molecule has 14 nitrogen and oxygen atoms in total. The van der Waals surface area contributed by atoms with Crippen LogP contribution in [-0.2, 0) is 36.1 Å². The van der Waals surface area contributed by atoms with Crippen LogP contribution in [0.5, 0.6) is 17.2 Å². The maximum Gasteiger partial charge on any atom is 0.347 e. The molecule has 3 heterocycles. The molecule has 1 saturated carbocycles. The van der Waals surface area contributed by atoms with Gasteiger partial charge in [0.25, 0.3) is 5.56 Å². The van der Waals surface area contributed by atoms with Gasteiger partial charge in [-0.25, -0.2) is 28.5 Å². The molecular formula is C39H43N5O9. The van der Waals surface area contributed by atoms with Crippen LogP contribution in [0, 0.1) is 10.8 Å². The van der Waals surface area contributed by atoms with Crippen LogP contribution in [0.2, 0.25) is 0 Å². The zero-order valence-corrected chi connectivity index (χ0v) is 30.9. The Morgan fingerprint density at radius 2 is 1.60 bits per heavy atom. The van der Waals surface area contributed by atoms with Gasteiger partial charge in [0.15, 0.2) is 23.1 Å². The second-order valence-corrected chi connectivity index (χ2v) is 14.4. The number of aryl methyl sites for hydroxylation is 2. The number of nitrogens with zero attached hydrogens (tertiary/aromatic N) is 5. The number of ketones is 2. The van der Waals surface area contributed by atoms with Gasteiger partial charge in [-0.05, 0) is 43.1 Å². The van der Waals surface area contributed by atoms with E-state index >= 15 is 0 Å². The zero-order chi connectivity index (χ0) is 38.1. The number of carbonyl (C=O) groups excluding carboxylic acids is 2. The molecule has 3 aliphatic rings. The van der Waals surface area contributed by atoms with Crippen LogP contribution < -0.4 is 31.1 Å². The minimum atomic E-state index is -1.27. The van der Waals surface area contributed by atoms with E-state index in [4.69, 9.17) is 14.2 Å². The van der Waals surface area contributed by atoms with E-state index in [0.717, 1.165) is 10.1 Å². The number of carbonyl (C=O) groups is 2. The summed E-state index contributed by atoms with van der Waals surface area (Å²) in [4.78, 5) is 75.4. The fourth-order valence-corrected chi connectivity index (χ4v) is 8.88. The van der Waals surface area contributed by atoms with Gasteiger partial charge in [0, 0.05) is 49.0 Å². The molecular weight excluding hydrogens is 682 g/mol. The number of Topliss-reactive ketones (excluding diaryl/α,β-unsaturated/α-hetero) is 2. The lowest BCUT2D eigenvalue weighted by molar-refractivity contribution is -0.151. The van der Waals surface area contributed by atoms with Crippen LogP contribution in [0.15, 0.2) is 73.6 Å². The summed E-state index contributed by atoms with van der Waals surface area (Å²) in [6.45, 7) is 6.67. The molecule has 0 bridgehead atoms. The minimum absolute atomic E-state index is 0.00862. The summed E-state index contributed by atoms with van der Waals surface area (Å²) in [6.07, 6.45) is 1.97. The first kappa shape index (κ1) is 35.9. The highest BCUT2D eigenvalue weighted by Gasteiger charge is 2.67. The number of fused-ring (bicyclic) bond motifs is 5. The third-order valence-electron chi connectivity index (χ3n) is 12.0. The molecule has 2 aliphatic carbocycles. The summed E-state index contributed by atoms with van der Waals surface area (Å²) in [5.74, 6) is 0.278. The lowest BCUT2D eigenvalue weighted by atomic mass is 9.43. The predicted molar refractivity (Wildman–Crippen MR) is 195 cm³/mol. The highest BCUT2D eigenvalue weighted by atomic mass is 16.5. The molecule has 53 heavy (non-hydrogen) atoms. The van der Waals surface area contributed by atoms with Crippen LogP contribution in [-0.4, -0.2) is 67.6 Å². The molecule has 0 unspecified atom stereocenters. The van der Waals surface area contributed by atoms with Gasteiger partial charge in [0.05, 0.1) is 49.9 Å². The molecule has 1 aliphatic heterocycles. The quantitative estimate of drug-likeness (QED) is 0.254. The van der Waals surface area contributed by atoms with E-state index in [1.54, 1.807) is 52.1 Å². The van der Waals surface area contributed by atoms with Crippen LogP contribution >= 0.6 is 0 Å². The second-order valence-electron chi connectivity index (χ2n) is 14.4. The van der Waals surface area contributed by atoms with Crippen LogP contribution in [0.25, 0.3) is 11.0 Å². The summed E-state index contributed by atoms with van der Waals surface area (Å²) in [5, 5.41) is 9.59. The molecule has 0 saturated heterocycles. The van der Waals surface area contributed by atoms with Gasteiger partial charge in [0.2, 0.25) is 0 Å². The average Bonchev–Trinajstić information content (AvgIpc) is 3.41. The minimum Gasteiger partial charge on any atom is -0.493 e. The summed E-state index contributed by atoms with van der Waals surface area (Å²) < 4.78 is 22.1. The van der Waals surface area contributed by atoms with Crippen molar-refractivity contribution < 1.29 is 28.9 Å². The molecule has 4 atom stereocenters. The van der Waals surface area contributed by atoms with Crippen molar-refractivity contribution >= 4 is 22.6 Å². The molecule has 1 fully saturated rings. The van der Waals surface area contributed by atoms with E-state index in [9.17, 15) is 29.1 Å². The number of para-hydroxylation sites is 1. The van der Waals surface area contributed by atoms with Crippen molar-refractivity contribution in [2.24, 2.45) is 17.9 Å². The number of benzene rings is 2. The molecule has 14 heteroatoms. The first-order valence-electron chi connectivity index (χ1n) is 17.6. The zero-order valence-electron chi connectivity index (χ0n) is 30.9. The van der Waals surface area contributed by atoms with Gasteiger partial charge in [-0.2, -0.15) is 0 Å². The van der Waals surface area contributed by atoms with Gasteiger partial charge in [-0.1, -0.05) is 38.1 Å². The first-order valence-corrected chi connectivity index (χ1v) is 17.6. The maximum atomic E-state index is 14.5. The van der Waals surface area contributed by atoms with E-state index < -0.39 is 34.2 Å². The largest absolute Gasteiger partial charge is 0.493 e. The second kappa shape index (κ2) is 12.9. The van der Waals surface area contributed by atoms with Crippen LogP contribution in [0.4, 0.5) is 0 Å². The predicted octanol–water partition coefficient (Wildman–Crippen LogP) is 2.86. The molecule has 0 amide bonds. The lowest BCUT2D eigenvalue weighted by Crippen LogP contribution is -2.61. The summed E-state index contributed by atoms with van der Waals surface area (Å²) in [6, 6.07) is 9.81. The third kappa shape index (κ3) is 5.02. The van der Waals surface area contributed by atoms with E-state index in [1.165, 1.54) is 28.2 Å². The van der Waals surface area contributed by atoms with Crippen molar-refractivity contribution in [3.05, 3.63) is 102 Å². The van der Waals surface area contributed by atoms with Gasteiger partial charge >= 0.3 is 11.4 Å². The topological polar surface area (TPSA) is 166 Å². The fraction of sp³-hybridized carbons (Fsp3) is 0.436. The molecule has 1 N–H and O–H groups in total. The van der Waals surface area contributed by atoms with E-state index in [2.05, 4.69) is 4.98 Å². The number of methoxy groups -OCH3 is 2. The van der Waals surface area contributed by atoms with E-state index in [0.29, 0.717) is 45.0 Å². The Morgan fingerprint density at radius 3 is 2.30 bits per heavy atom. The molecule has 2 aromatic carbocycles. The van der Waals surface area contributed by atoms with Crippen LogP contribution in [0.3, 0.4) is 0 Å². The molecule has 7 rings (SSSR count). The van der Waals surface area contributed by atoms with Crippen molar-refractivity contribution in [3.63, 3.8) is 0 Å². The lowest BCUT2D eigenvalue weighted by Gasteiger charge is -2.58. The highest BCUT2D eigenvalue weighted by Crippen LogP contribution is 2.66. The van der Waals surface area contributed by atoms with Gasteiger partial charge in [-0.15, -0.1) is 0 Å². The fourth-order valence-electron chi connectivity index (χ4n) is 8.88. The number of rotatable bonds is 9. The molecule has 0 radical (unpaired) electrons. The number of hydrogen-bond donors (Lipinski definition) is 1. The molecule has 0 spiro atoms. The molecule has 2 aromatic heterocycles. The van der Waals surface area contributed by atoms with E-state index in [-0.39, 0.29) is 62.0 Å². The van der Waals surface area contributed by atoms with Crippen molar-refractivity contribution in [2.75, 3.05) is 27.4 Å². The van der Waals surface area contributed by atoms with Gasteiger partial charge in [0.1, 0.15) is 18.1 Å². The smallest absolute Gasteiger partial charge is 0.347 e. The Bertz CT molecular complexity index is 2460. The number of hydrogen-bond acceptors (Lipinski definition) is 10. The SMILES string of the molecule is COc1cc2nc(CCn3c(=O)n4n(c3=O)[C@@H]3C[C@@]5(C)C(=O)C(C)=C(C)C(=O)[C@@]5(C)[C@@H](c5ccccc5OCCO)C3=CC4)c(=O)n(C)c2cc1OC. The van der Waals surface area contributed by atoms with Crippen LogP contribution in [0.1, 0.15) is 57.3 Å². The number of aromatic nitrogens is 5. The summed E-state index contributed by atoms with van der Waals surface area (Å²) in [7, 11) is 4.62. The number of aliphatic hydroxyl groups excluding tert-OH is 1. The van der Waals surface area contributed by atoms with Crippen molar-refractivity contribution in [3.8, 4) is 17.2 Å². The van der Waals surface area contributed by atoms with Gasteiger partial charge < -0.3 is 23.9 Å². The maximum absolute atomic E-state index is 14.5. The summed E-state index contributed by atoms with van der Waals surface area (Å²) in [5.41, 5.74) is -0.747.